The standard InChI is InChI=1S/C13H19N3O6S/c1-7-14-4-10(23-7)12(18)15-8(5-21-2)11(17)16-9(6-22-3)13(19)20/h4,8-9H,5-6H2,1-3H3,(H,15,18)(H,16,17)(H,19,20). The van der Waals surface area contributed by atoms with Crippen LogP contribution in [0.3, 0.4) is 0 Å². The predicted molar refractivity (Wildman–Crippen MR) is 81.4 cm³/mol. The number of aryl methyl sites for hydroxylation is 1. The number of methoxy groups -OCH3 is 2. The van der Waals surface area contributed by atoms with Crippen LogP contribution in [-0.4, -0.2) is 67.4 Å². The number of rotatable bonds is 9. The lowest BCUT2D eigenvalue weighted by Crippen LogP contribution is -2.54. The van der Waals surface area contributed by atoms with Crippen LogP contribution >= 0.6 is 11.3 Å². The third kappa shape index (κ3) is 5.93. The number of carboxylic acids is 1. The van der Waals surface area contributed by atoms with Gasteiger partial charge in [0.25, 0.3) is 5.91 Å². The second-order valence-electron chi connectivity index (χ2n) is 4.58. The second kappa shape index (κ2) is 9.18. The second-order valence-corrected chi connectivity index (χ2v) is 5.81. The van der Waals surface area contributed by atoms with Gasteiger partial charge >= 0.3 is 5.97 Å². The minimum atomic E-state index is -1.24. The van der Waals surface area contributed by atoms with E-state index in [0.717, 1.165) is 0 Å². The normalized spacial score (nSPS) is 13.2. The summed E-state index contributed by atoms with van der Waals surface area (Å²) >= 11 is 1.18. The lowest BCUT2D eigenvalue weighted by molar-refractivity contribution is -0.143. The quantitative estimate of drug-likeness (QED) is 0.546. The highest BCUT2D eigenvalue weighted by Gasteiger charge is 2.27. The van der Waals surface area contributed by atoms with Crippen molar-refractivity contribution in [1.82, 2.24) is 15.6 Å². The van der Waals surface area contributed by atoms with Gasteiger partial charge in [-0.3, -0.25) is 9.59 Å². The van der Waals surface area contributed by atoms with Crippen molar-refractivity contribution in [3.63, 3.8) is 0 Å². The van der Waals surface area contributed by atoms with Gasteiger partial charge in [-0.05, 0) is 6.92 Å². The van der Waals surface area contributed by atoms with Crippen molar-refractivity contribution in [3.05, 3.63) is 16.1 Å². The van der Waals surface area contributed by atoms with Crippen LogP contribution in [0.5, 0.6) is 0 Å². The molecule has 9 nitrogen and oxygen atoms in total. The molecule has 23 heavy (non-hydrogen) atoms. The highest BCUT2D eigenvalue weighted by atomic mass is 32.1. The Balaban J connectivity index is 2.74. The molecule has 0 aliphatic carbocycles. The first kappa shape index (κ1) is 19.0. The minimum Gasteiger partial charge on any atom is -0.480 e. The monoisotopic (exact) mass is 345 g/mol. The summed E-state index contributed by atoms with van der Waals surface area (Å²) in [6, 6.07) is -2.25. The summed E-state index contributed by atoms with van der Waals surface area (Å²) in [5, 5.41) is 14.5. The van der Waals surface area contributed by atoms with E-state index in [1.165, 1.54) is 31.8 Å². The van der Waals surface area contributed by atoms with Gasteiger partial charge < -0.3 is 25.2 Å². The maximum absolute atomic E-state index is 12.2. The van der Waals surface area contributed by atoms with E-state index in [-0.39, 0.29) is 13.2 Å². The smallest absolute Gasteiger partial charge is 0.328 e. The molecule has 10 heteroatoms. The Bertz CT molecular complexity index is 562. The van der Waals surface area contributed by atoms with Crippen molar-refractivity contribution in [3.8, 4) is 0 Å². The Labute approximate surface area is 137 Å². The maximum atomic E-state index is 12.2. The van der Waals surface area contributed by atoms with Crippen LogP contribution < -0.4 is 10.6 Å². The van der Waals surface area contributed by atoms with Gasteiger partial charge in [-0.15, -0.1) is 11.3 Å². The summed E-state index contributed by atoms with van der Waals surface area (Å²) in [7, 11) is 2.69. The van der Waals surface area contributed by atoms with Crippen molar-refractivity contribution in [1.29, 1.82) is 0 Å². The Kier molecular flexibility index (Phi) is 7.59. The number of ether oxygens (including phenoxy) is 2. The molecule has 0 radical (unpaired) electrons. The van der Waals surface area contributed by atoms with Gasteiger partial charge in [0, 0.05) is 14.2 Å². The average Bonchev–Trinajstić information content (AvgIpc) is 2.92. The van der Waals surface area contributed by atoms with E-state index in [9.17, 15) is 14.4 Å². The van der Waals surface area contributed by atoms with E-state index in [4.69, 9.17) is 14.6 Å². The van der Waals surface area contributed by atoms with Crippen LogP contribution in [0.2, 0.25) is 0 Å². The minimum absolute atomic E-state index is 0.102. The molecule has 3 N–H and O–H groups in total. The Hall–Kier alpha value is -2.04. The molecule has 1 heterocycles. The SMILES string of the molecule is COCC(NC(=O)C(COC)NC(=O)c1cnc(C)s1)C(=O)O. The zero-order valence-corrected chi connectivity index (χ0v) is 13.8. The van der Waals surface area contributed by atoms with E-state index >= 15 is 0 Å². The van der Waals surface area contributed by atoms with Gasteiger partial charge in [-0.25, -0.2) is 9.78 Å². The molecule has 2 amide bonds. The molecule has 0 aromatic carbocycles. The summed E-state index contributed by atoms with van der Waals surface area (Å²) in [6.07, 6.45) is 1.40. The van der Waals surface area contributed by atoms with Gasteiger partial charge in [0.05, 0.1) is 24.4 Å². The number of amides is 2. The lowest BCUT2D eigenvalue weighted by Gasteiger charge is -2.20. The highest BCUT2D eigenvalue weighted by molar-refractivity contribution is 7.13. The first-order valence-electron chi connectivity index (χ1n) is 6.63. The first-order chi connectivity index (χ1) is 10.9. The summed E-state index contributed by atoms with van der Waals surface area (Å²) in [4.78, 5) is 39.6. The highest BCUT2D eigenvalue weighted by Crippen LogP contribution is 2.11. The number of carbonyl (C=O) groups excluding carboxylic acids is 2. The largest absolute Gasteiger partial charge is 0.480 e. The zero-order valence-electron chi connectivity index (χ0n) is 13.0. The summed E-state index contributed by atoms with van der Waals surface area (Å²) < 4.78 is 9.64. The number of hydrogen-bond donors (Lipinski definition) is 3. The van der Waals surface area contributed by atoms with E-state index in [1.807, 2.05) is 0 Å². The van der Waals surface area contributed by atoms with Gasteiger partial charge in [0.1, 0.15) is 10.9 Å². The van der Waals surface area contributed by atoms with E-state index < -0.39 is 29.9 Å². The fraction of sp³-hybridized carbons (Fsp3) is 0.538. The van der Waals surface area contributed by atoms with Gasteiger partial charge in [-0.2, -0.15) is 0 Å². The fourth-order valence-corrected chi connectivity index (χ4v) is 2.34. The average molecular weight is 345 g/mol. The van der Waals surface area contributed by atoms with Crippen LogP contribution in [0.1, 0.15) is 14.7 Å². The molecule has 0 bridgehead atoms. The third-order valence-corrected chi connectivity index (χ3v) is 3.66. The fourth-order valence-electron chi connectivity index (χ4n) is 1.66. The van der Waals surface area contributed by atoms with E-state index in [0.29, 0.717) is 9.88 Å². The summed E-state index contributed by atoms with van der Waals surface area (Å²) in [6.45, 7) is 1.46. The van der Waals surface area contributed by atoms with Crippen molar-refractivity contribution in [2.24, 2.45) is 0 Å². The van der Waals surface area contributed by atoms with Gasteiger partial charge in [-0.1, -0.05) is 0 Å². The first-order valence-corrected chi connectivity index (χ1v) is 7.45. The number of hydrogen-bond acceptors (Lipinski definition) is 7. The summed E-state index contributed by atoms with van der Waals surface area (Å²) in [5.41, 5.74) is 0. The molecule has 2 unspecified atom stereocenters. The Morgan fingerprint density at radius 2 is 1.83 bits per heavy atom. The van der Waals surface area contributed by atoms with Crippen LogP contribution in [0.25, 0.3) is 0 Å². The van der Waals surface area contributed by atoms with Crippen molar-refractivity contribution in [2.75, 3.05) is 27.4 Å². The number of aliphatic carboxylic acids is 1. The molecule has 0 spiro atoms. The number of carbonyl (C=O) groups is 3. The van der Waals surface area contributed by atoms with Crippen LogP contribution in [-0.2, 0) is 19.1 Å². The zero-order chi connectivity index (χ0) is 17.4. The van der Waals surface area contributed by atoms with Crippen molar-refractivity contribution < 1.29 is 29.0 Å². The maximum Gasteiger partial charge on any atom is 0.328 e. The molecular formula is C13H19N3O6S. The molecule has 128 valence electrons. The molecule has 0 fully saturated rings. The van der Waals surface area contributed by atoms with Crippen LogP contribution in [0.15, 0.2) is 6.20 Å². The van der Waals surface area contributed by atoms with Gasteiger partial charge in [0.15, 0.2) is 6.04 Å². The molecule has 1 rings (SSSR count). The predicted octanol–water partition coefficient (Wildman–Crippen LogP) is -0.588. The molecule has 0 saturated carbocycles. The Morgan fingerprint density at radius 3 is 2.30 bits per heavy atom. The number of carboxylic acid groups (broad SMARTS) is 1. The van der Waals surface area contributed by atoms with E-state index in [2.05, 4.69) is 15.6 Å². The molecule has 1 aromatic heterocycles. The van der Waals surface area contributed by atoms with Crippen LogP contribution in [0, 0.1) is 6.92 Å². The molecular weight excluding hydrogens is 326 g/mol. The Morgan fingerprint density at radius 1 is 1.22 bits per heavy atom. The number of nitrogens with zero attached hydrogens (tertiary/aromatic N) is 1. The number of aromatic nitrogens is 1. The summed E-state index contributed by atoms with van der Waals surface area (Å²) in [5.74, 6) is -2.39. The molecule has 1 aromatic rings. The molecule has 0 aliphatic rings. The third-order valence-electron chi connectivity index (χ3n) is 2.75. The lowest BCUT2D eigenvalue weighted by atomic mass is 10.2. The number of nitrogens with one attached hydrogen (secondary N) is 2. The topological polar surface area (TPSA) is 127 Å². The van der Waals surface area contributed by atoms with Crippen molar-refractivity contribution >= 4 is 29.1 Å². The van der Waals surface area contributed by atoms with E-state index in [1.54, 1.807) is 6.92 Å². The van der Waals surface area contributed by atoms with Crippen molar-refractivity contribution in [2.45, 2.75) is 19.0 Å². The molecule has 2 atom stereocenters. The molecule has 0 aliphatic heterocycles. The molecule has 0 saturated heterocycles. The van der Waals surface area contributed by atoms with Gasteiger partial charge in [0.2, 0.25) is 5.91 Å². The number of thiazole rings is 1. The van der Waals surface area contributed by atoms with Crippen LogP contribution in [0.4, 0.5) is 0 Å².